The molecule has 0 atom stereocenters. The van der Waals surface area contributed by atoms with E-state index < -0.39 is 0 Å². The number of methoxy groups -OCH3 is 1. The number of rotatable bonds is 7. The summed E-state index contributed by atoms with van der Waals surface area (Å²) in [5.74, 6) is 1.42. The molecule has 4 rings (SSSR count). The summed E-state index contributed by atoms with van der Waals surface area (Å²) in [5, 5.41) is 10.3. The zero-order valence-corrected chi connectivity index (χ0v) is 18.3. The van der Waals surface area contributed by atoms with Crippen LogP contribution in [0.1, 0.15) is 35.6 Å². The highest BCUT2D eigenvalue weighted by Crippen LogP contribution is 2.33. The summed E-state index contributed by atoms with van der Waals surface area (Å²) in [6, 6.07) is 11.1. The average Bonchev–Trinajstić information content (AvgIpc) is 2.82. The number of ether oxygens (including phenoxy) is 1. The second-order valence-electron chi connectivity index (χ2n) is 8.08. The molecule has 2 N–H and O–H groups in total. The van der Waals surface area contributed by atoms with Gasteiger partial charge in [0.15, 0.2) is 17.3 Å². The molecule has 0 radical (unpaired) electrons. The van der Waals surface area contributed by atoms with Crippen molar-refractivity contribution in [2.75, 3.05) is 20.2 Å². The van der Waals surface area contributed by atoms with Crippen LogP contribution in [-0.2, 0) is 13.0 Å². The fourth-order valence-corrected chi connectivity index (χ4v) is 4.24. The van der Waals surface area contributed by atoms with Gasteiger partial charge in [0.05, 0.1) is 12.8 Å². The first-order valence-electron chi connectivity index (χ1n) is 10.8. The van der Waals surface area contributed by atoms with E-state index in [-0.39, 0.29) is 17.2 Å². The normalized spacial score (nSPS) is 14.9. The third kappa shape index (κ3) is 4.89. The van der Waals surface area contributed by atoms with Gasteiger partial charge >= 0.3 is 0 Å². The molecule has 166 valence electrons. The number of nitrogens with zero attached hydrogens (tertiary/aromatic N) is 3. The summed E-state index contributed by atoms with van der Waals surface area (Å²) in [5.41, 5.74) is 3.26. The van der Waals surface area contributed by atoms with Gasteiger partial charge in [-0.3, -0.25) is 14.7 Å². The van der Waals surface area contributed by atoms with Crippen molar-refractivity contribution in [1.82, 2.24) is 19.9 Å². The average molecular weight is 433 g/mol. The predicted octanol–water partition coefficient (Wildman–Crippen LogP) is 3.65. The summed E-state index contributed by atoms with van der Waals surface area (Å²) < 4.78 is 5.35. The van der Waals surface area contributed by atoms with Gasteiger partial charge in [-0.25, -0.2) is 4.98 Å². The largest absolute Gasteiger partial charge is 0.504 e. The van der Waals surface area contributed by atoms with Gasteiger partial charge in [-0.2, -0.15) is 0 Å². The Bertz CT molecular complexity index is 1140. The van der Waals surface area contributed by atoms with Crippen molar-refractivity contribution in [3.05, 3.63) is 82.4 Å². The fourth-order valence-electron chi connectivity index (χ4n) is 4.24. The lowest BCUT2D eigenvalue weighted by Gasteiger charge is -2.32. The fraction of sp³-hybridized carbons (Fsp3) is 0.320. The Morgan fingerprint density at radius 3 is 2.78 bits per heavy atom. The van der Waals surface area contributed by atoms with Gasteiger partial charge < -0.3 is 14.8 Å². The van der Waals surface area contributed by atoms with Crippen LogP contribution in [0, 0.1) is 0 Å². The standard InChI is InChI=1S/C25H28N4O3/c1-3-6-19-13-17(14-22(32-2)24(19)31)16-29-11-8-18(9-12-29)21-15-23(30)28-25(27-21)20-7-4-5-10-26-20/h3-5,7,10,13-15,18,31H,1,6,8-9,11-12,16H2,2H3,(H,27,28,30). The molecule has 0 spiro atoms. The maximum Gasteiger partial charge on any atom is 0.251 e. The number of benzene rings is 1. The zero-order chi connectivity index (χ0) is 22.5. The molecule has 1 saturated heterocycles. The molecule has 1 aliphatic heterocycles. The second kappa shape index (κ2) is 9.78. The quantitative estimate of drug-likeness (QED) is 0.554. The predicted molar refractivity (Wildman–Crippen MR) is 124 cm³/mol. The highest BCUT2D eigenvalue weighted by molar-refractivity contribution is 5.49. The van der Waals surface area contributed by atoms with Crippen molar-refractivity contribution in [1.29, 1.82) is 0 Å². The van der Waals surface area contributed by atoms with E-state index >= 15 is 0 Å². The van der Waals surface area contributed by atoms with Crippen molar-refractivity contribution >= 4 is 0 Å². The Kier molecular flexibility index (Phi) is 6.66. The number of aromatic nitrogens is 3. The lowest BCUT2D eigenvalue weighted by molar-refractivity contribution is 0.203. The van der Waals surface area contributed by atoms with Crippen LogP contribution >= 0.6 is 0 Å². The van der Waals surface area contributed by atoms with E-state index in [9.17, 15) is 9.90 Å². The van der Waals surface area contributed by atoms with Crippen LogP contribution in [0.2, 0.25) is 0 Å². The first-order valence-corrected chi connectivity index (χ1v) is 10.8. The van der Waals surface area contributed by atoms with Crippen molar-refractivity contribution in [2.45, 2.75) is 31.7 Å². The molecule has 0 bridgehead atoms. The van der Waals surface area contributed by atoms with Crippen LogP contribution in [-0.4, -0.2) is 45.2 Å². The van der Waals surface area contributed by atoms with Crippen LogP contribution in [0.15, 0.2) is 60.0 Å². The zero-order valence-electron chi connectivity index (χ0n) is 18.3. The summed E-state index contributed by atoms with van der Waals surface area (Å²) in [6.45, 7) is 6.35. The number of phenolic OH excluding ortho intramolecular Hbond substituents is 1. The SMILES string of the molecule is C=CCc1cc(CN2CCC(c3cc(=O)[nH]c(-c4ccccn4)n3)CC2)cc(OC)c1O. The molecule has 32 heavy (non-hydrogen) atoms. The van der Waals surface area contributed by atoms with Gasteiger partial charge in [0.25, 0.3) is 5.56 Å². The Labute approximate surface area is 187 Å². The van der Waals surface area contributed by atoms with Crippen LogP contribution in [0.3, 0.4) is 0 Å². The number of nitrogens with one attached hydrogen (secondary N) is 1. The molecule has 1 aliphatic rings. The number of aromatic hydroxyl groups is 1. The van der Waals surface area contributed by atoms with Crippen molar-refractivity contribution < 1.29 is 9.84 Å². The number of likely N-dealkylation sites (tertiary alicyclic amines) is 1. The molecule has 2 aromatic heterocycles. The minimum Gasteiger partial charge on any atom is -0.504 e. The number of pyridine rings is 1. The highest BCUT2D eigenvalue weighted by atomic mass is 16.5. The smallest absolute Gasteiger partial charge is 0.251 e. The molecule has 1 fully saturated rings. The van der Waals surface area contributed by atoms with Crippen molar-refractivity contribution in [3.8, 4) is 23.0 Å². The molecule has 3 aromatic rings. The Morgan fingerprint density at radius 1 is 1.28 bits per heavy atom. The summed E-state index contributed by atoms with van der Waals surface area (Å²) >= 11 is 0. The highest BCUT2D eigenvalue weighted by Gasteiger charge is 2.23. The van der Waals surface area contributed by atoms with Gasteiger partial charge in [0, 0.05) is 30.3 Å². The number of H-pyrrole nitrogens is 1. The lowest BCUT2D eigenvalue weighted by atomic mass is 9.93. The lowest BCUT2D eigenvalue weighted by Crippen LogP contribution is -2.33. The molecule has 0 aliphatic carbocycles. The Balaban J connectivity index is 1.45. The van der Waals surface area contributed by atoms with E-state index in [1.807, 2.05) is 30.3 Å². The van der Waals surface area contributed by atoms with E-state index in [2.05, 4.69) is 21.4 Å². The molecule has 7 heteroatoms. The molecule has 3 heterocycles. The van der Waals surface area contributed by atoms with Gasteiger partial charge in [-0.05, 0) is 56.1 Å². The Morgan fingerprint density at radius 2 is 2.09 bits per heavy atom. The molecule has 0 amide bonds. The van der Waals surface area contributed by atoms with Gasteiger partial charge in [0.1, 0.15) is 5.69 Å². The topological polar surface area (TPSA) is 91.3 Å². The van der Waals surface area contributed by atoms with Gasteiger partial charge in [-0.1, -0.05) is 18.2 Å². The van der Waals surface area contributed by atoms with Gasteiger partial charge in [-0.15, -0.1) is 6.58 Å². The third-order valence-electron chi connectivity index (χ3n) is 5.88. The maximum absolute atomic E-state index is 12.2. The molecule has 0 unspecified atom stereocenters. The molecular weight excluding hydrogens is 404 g/mol. The number of allylic oxidation sites excluding steroid dienone is 1. The van der Waals surface area contributed by atoms with E-state index in [1.165, 1.54) is 0 Å². The van der Waals surface area contributed by atoms with E-state index in [4.69, 9.17) is 9.72 Å². The number of aromatic amines is 1. The van der Waals surface area contributed by atoms with Crippen LogP contribution in [0.4, 0.5) is 0 Å². The van der Waals surface area contributed by atoms with Gasteiger partial charge in [0.2, 0.25) is 0 Å². The minimum absolute atomic E-state index is 0.149. The number of piperidine rings is 1. The van der Waals surface area contributed by atoms with Crippen LogP contribution in [0.5, 0.6) is 11.5 Å². The molecular formula is C25H28N4O3. The van der Waals surface area contributed by atoms with Crippen LogP contribution in [0.25, 0.3) is 11.5 Å². The first-order chi connectivity index (χ1) is 15.6. The third-order valence-corrected chi connectivity index (χ3v) is 5.88. The molecule has 7 nitrogen and oxygen atoms in total. The second-order valence-corrected chi connectivity index (χ2v) is 8.08. The van der Waals surface area contributed by atoms with Crippen LogP contribution < -0.4 is 10.3 Å². The van der Waals surface area contributed by atoms with Crippen molar-refractivity contribution in [2.24, 2.45) is 0 Å². The number of hydrogen-bond acceptors (Lipinski definition) is 6. The van der Waals surface area contributed by atoms with E-state index in [1.54, 1.807) is 25.4 Å². The monoisotopic (exact) mass is 432 g/mol. The number of hydrogen-bond donors (Lipinski definition) is 2. The maximum atomic E-state index is 12.2. The first kappa shape index (κ1) is 21.8. The minimum atomic E-state index is -0.149. The summed E-state index contributed by atoms with van der Waals surface area (Å²) in [7, 11) is 1.57. The molecule has 0 saturated carbocycles. The summed E-state index contributed by atoms with van der Waals surface area (Å²) in [6.07, 6.45) is 5.90. The van der Waals surface area contributed by atoms with E-state index in [0.29, 0.717) is 23.7 Å². The number of phenols is 1. The summed E-state index contributed by atoms with van der Waals surface area (Å²) in [4.78, 5) is 26.4. The Hall–Kier alpha value is -3.45. The molecule has 1 aromatic carbocycles. The van der Waals surface area contributed by atoms with E-state index in [0.717, 1.165) is 49.3 Å². The van der Waals surface area contributed by atoms with Crippen molar-refractivity contribution in [3.63, 3.8) is 0 Å².